The first-order valence-corrected chi connectivity index (χ1v) is 6.01. The number of hydrogen-bond acceptors (Lipinski definition) is 5. The Morgan fingerprint density at radius 2 is 2.38 bits per heavy atom. The van der Waals surface area contributed by atoms with Crippen LogP contribution in [0, 0.1) is 0 Å². The van der Waals surface area contributed by atoms with Crippen molar-refractivity contribution in [2.45, 2.75) is 19.5 Å². The predicted octanol–water partition coefficient (Wildman–Crippen LogP) is 0.282. The van der Waals surface area contributed by atoms with E-state index in [2.05, 4.69) is 10.3 Å². The van der Waals surface area contributed by atoms with E-state index in [0.717, 1.165) is 5.01 Å². The van der Waals surface area contributed by atoms with E-state index in [1.807, 2.05) is 25.9 Å². The highest BCUT2D eigenvalue weighted by atomic mass is 32.1. The van der Waals surface area contributed by atoms with Crippen LogP contribution in [0.15, 0.2) is 5.38 Å². The van der Waals surface area contributed by atoms with Gasteiger partial charge in [0.1, 0.15) is 10.7 Å². The van der Waals surface area contributed by atoms with Crippen molar-refractivity contribution in [3.05, 3.63) is 16.1 Å². The largest absolute Gasteiger partial charge is 0.349 e. The Labute approximate surface area is 99.7 Å². The molecule has 0 aliphatic carbocycles. The van der Waals surface area contributed by atoms with E-state index in [1.54, 1.807) is 5.38 Å². The molecule has 0 bridgehead atoms. The summed E-state index contributed by atoms with van der Waals surface area (Å²) in [5, 5.41) is 5.36. The molecule has 1 heterocycles. The van der Waals surface area contributed by atoms with Crippen molar-refractivity contribution < 1.29 is 4.79 Å². The van der Waals surface area contributed by atoms with Crippen molar-refractivity contribution in [1.82, 2.24) is 15.2 Å². The highest BCUT2D eigenvalue weighted by molar-refractivity contribution is 7.09. The summed E-state index contributed by atoms with van der Waals surface area (Å²) in [5.74, 6) is -0.135. The van der Waals surface area contributed by atoms with Gasteiger partial charge in [0.15, 0.2) is 0 Å². The van der Waals surface area contributed by atoms with Gasteiger partial charge in [0, 0.05) is 24.5 Å². The van der Waals surface area contributed by atoms with Gasteiger partial charge in [-0.2, -0.15) is 0 Å². The Morgan fingerprint density at radius 3 is 2.88 bits per heavy atom. The lowest BCUT2D eigenvalue weighted by Gasteiger charge is -2.19. The minimum absolute atomic E-state index is 0.135. The van der Waals surface area contributed by atoms with Crippen LogP contribution in [0.1, 0.15) is 22.4 Å². The van der Waals surface area contributed by atoms with Gasteiger partial charge >= 0.3 is 0 Å². The molecule has 1 rings (SSSR count). The van der Waals surface area contributed by atoms with Crippen LogP contribution in [0.25, 0.3) is 0 Å². The number of rotatable bonds is 5. The monoisotopic (exact) mass is 242 g/mol. The highest BCUT2D eigenvalue weighted by Gasteiger charge is 2.11. The maximum Gasteiger partial charge on any atom is 0.270 e. The molecule has 90 valence electrons. The number of thiazole rings is 1. The predicted molar refractivity (Wildman–Crippen MR) is 65.5 cm³/mol. The second-order valence-corrected chi connectivity index (χ2v) is 4.80. The number of nitrogens with one attached hydrogen (secondary N) is 1. The van der Waals surface area contributed by atoms with Crippen LogP contribution >= 0.6 is 11.3 Å². The van der Waals surface area contributed by atoms with Gasteiger partial charge in [0.25, 0.3) is 5.91 Å². The van der Waals surface area contributed by atoms with Gasteiger partial charge in [0.05, 0.1) is 0 Å². The number of carbonyl (C=O) groups is 1. The van der Waals surface area contributed by atoms with Crippen molar-refractivity contribution in [3.8, 4) is 0 Å². The molecule has 0 saturated heterocycles. The summed E-state index contributed by atoms with van der Waals surface area (Å²) in [6, 6.07) is 0.302. The third-order valence-corrected chi connectivity index (χ3v) is 3.27. The Morgan fingerprint density at radius 1 is 1.69 bits per heavy atom. The van der Waals surface area contributed by atoms with Crippen LogP contribution in [0.5, 0.6) is 0 Å². The Balaban J connectivity index is 2.46. The average Bonchev–Trinajstić information content (AvgIpc) is 2.73. The molecule has 1 amide bonds. The zero-order chi connectivity index (χ0) is 12.1. The molecule has 5 nitrogen and oxygen atoms in total. The summed E-state index contributed by atoms with van der Waals surface area (Å²) >= 11 is 1.41. The van der Waals surface area contributed by atoms with E-state index in [9.17, 15) is 4.79 Å². The maximum absolute atomic E-state index is 11.7. The van der Waals surface area contributed by atoms with Gasteiger partial charge in [-0.05, 0) is 21.0 Å². The lowest BCUT2D eigenvalue weighted by atomic mass is 10.3. The number of likely N-dealkylation sites (N-methyl/N-ethyl adjacent to an activating group) is 1. The molecule has 16 heavy (non-hydrogen) atoms. The van der Waals surface area contributed by atoms with Crippen molar-refractivity contribution in [2.75, 3.05) is 20.6 Å². The number of nitrogens with zero attached hydrogens (tertiary/aromatic N) is 2. The van der Waals surface area contributed by atoms with Crippen LogP contribution in [0.2, 0.25) is 0 Å². The van der Waals surface area contributed by atoms with Crippen molar-refractivity contribution in [2.24, 2.45) is 5.73 Å². The molecule has 0 aliphatic rings. The Bertz CT molecular complexity index is 350. The van der Waals surface area contributed by atoms with E-state index >= 15 is 0 Å². The number of carbonyl (C=O) groups excluding carboxylic acids is 1. The highest BCUT2D eigenvalue weighted by Crippen LogP contribution is 2.08. The van der Waals surface area contributed by atoms with Crippen LogP contribution in [-0.2, 0) is 6.54 Å². The molecule has 1 aromatic rings. The van der Waals surface area contributed by atoms with E-state index < -0.39 is 0 Å². The van der Waals surface area contributed by atoms with E-state index in [4.69, 9.17) is 5.73 Å². The molecule has 0 aliphatic heterocycles. The van der Waals surface area contributed by atoms with Crippen LogP contribution in [0.4, 0.5) is 0 Å². The summed E-state index contributed by atoms with van der Waals surface area (Å²) < 4.78 is 0. The standard InChI is InChI=1S/C10H18N4OS/c1-7(14(2)3)5-12-10(15)8-6-16-9(4-11)13-8/h6-7H,4-5,11H2,1-3H3,(H,12,15). The topological polar surface area (TPSA) is 71.2 Å². The van der Waals surface area contributed by atoms with E-state index in [-0.39, 0.29) is 5.91 Å². The molecule has 1 atom stereocenters. The van der Waals surface area contributed by atoms with Gasteiger partial charge in [-0.1, -0.05) is 0 Å². The normalized spacial score (nSPS) is 12.8. The summed E-state index contributed by atoms with van der Waals surface area (Å²) in [6.07, 6.45) is 0. The third kappa shape index (κ3) is 3.55. The molecule has 0 aromatic carbocycles. The first-order valence-electron chi connectivity index (χ1n) is 5.13. The van der Waals surface area contributed by atoms with E-state index in [1.165, 1.54) is 11.3 Å². The number of hydrogen-bond donors (Lipinski definition) is 2. The molecule has 0 radical (unpaired) electrons. The first-order chi connectivity index (χ1) is 7.54. The maximum atomic E-state index is 11.7. The molecular formula is C10H18N4OS. The number of amides is 1. The van der Waals surface area contributed by atoms with Gasteiger partial charge in [-0.25, -0.2) is 4.98 Å². The molecule has 0 fully saturated rings. The SMILES string of the molecule is CC(CNC(=O)c1csc(CN)n1)N(C)C. The summed E-state index contributed by atoms with van der Waals surface area (Å²) in [7, 11) is 3.96. The van der Waals surface area contributed by atoms with Crippen molar-refractivity contribution in [3.63, 3.8) is 0 Å². The Kier molecular flexibility index (Phi) is 4.85. The van der Waals surface area contributed by atoms with E-state index in [0.29, 0.717) is 24.8 Å². The van der Waals surface area contributed by atoms with Gasteiger partial charge in [-0.15, -0.1) is 11.3 Å². The third-order valence-electron chi connectivity index (χ3n) is 2.40. The van der Waals surface area contributed by atoms with Crippen LogP contribution < -0.4 is 11.1 Å². The van der Waals surface area contributed by atoms with Gasteiger partial charge < -0.3 is 16.0 Å². The molecule has 1 aromatic heterocycles. The summed E-state index contributed by atoms with van der Waals surface area (Å²) in [4.78, 5) is 17.8. The zero-order valence-corrected chi connectivity index (χ0v) is 10.7. The molecule has 1 unspecified atom stereocenters. The minimum atomic E-state index is -0.135. The minimum Gasteiger partial charge on any atom is -0.349 e. The lowest BCUT2D eigenvalue weighted by molar-refractivity contribution is 0.0939. The first kappa shape index (κ1) is 13.1. The lowest BCUT2D eigenvalue weighted by Crippen LogP contribution is -2.38. The van der Waals surface area contributed by atoms with Crippen molar-refractivity contribution in [1.29, 1.82) is 0 Å². The van der Waals surface area contributed by atoms with Crippen LogP contribution in [0.3, 0.4) is 0 Å². The zero-order valence-electron chi connectivity index (χ0n) is 9.86. The second-order valence-electron chi connectivity index (χ2n) is 3.85. The molecular weight excluding hydrogens is 224 g/mol. The van der Waals surface area contributed by atoms with Gasteiger partial charge in [-0.3, -0.25) is 4.79 Å². The smallest absolute Gasteiger partial charge is 0.270 e. The molecule has 3 N–H and O–H groups in total. The fraction of sp³-hybridized carbons (Fsp3) is 0.600. The molecule has 0 spiro atoms. The second kappa shape index (κ2) is 5.93. The van der Waals surface area contributed by atoms with Crippen molar-refractivity contribution >= 4 is 17.2 Å². The van der Waals surface area contributed by atoms with Gasteiger partial charge in [0.2, 0.25) is 0 Å². The molecule has 0 saturated carbocycles. The fourth-order valence-electron chi connectivity index (χ4n) is 1.02. The summed E-state index contributed by atoms with van der Waals surface area (Å²) in [5.41, 5.74) is 5.89. The average molecular weight is 242 g/mol. The quantitative estimate of drug-likeness (QED) is 0.778. The fourth-order valence-corrected chi connectivity index (χ4v) is 1.68. The van der Waals surface area contributed by atoms with Crippen LogP contribution in [-0.4, -0.2) is 42.5 Å². The molecule has 6 heteroatoms. The number of aromatic nitrogens is 1. The number of nitrogens with two attached hydrogens (primary N) is 1. The Hall–Kier alpha value is -0.980. The summed E-state index contributed by atoms with van der Waals surface area (Å²) in [6.45, 7) is 3.04.